The first-order valence-electron chi connectivity index (χ1n) is 12.4. The Labute approximate surface area is 226 Å². The van der Waals surface area contributed by atoms with E-state index in [0.717, 1.165) is 6.08 Å². The molecule has 2 aliphatic rings. The van der Waals surface area contributed by atoms with Crippen LogP contribution in [0, 0.1) is 11.3 Å². The molecule has 0 saturated carbocycles. The lowest BCUT2D eigenvalue weighted by atomic mass is 9.68. The molecule has 1 fully saturated rings. The van der Waals surface area contributed by atoms with Crippen LogP contribution in [0.1, 0.15) is 25.8 Å². The van der Waals surface area contributed by atoms with Crippen molar-refractivity contribution in [2.24, 2.45) is 11.3 Å². The van der Waals surface area contributed by atoms with Crippen molar-refractivity contribution >= 4 is 17.8 Å². The van der Waals surface area contributed by atoms with Crippen molar-refractivity contribution in [3.63, 3.8) is 0 Å². The summed E-state index contributed by atoms with van der Waals surface area (Å²) < 4.78 is 26.5. The third kappa shape index (κ3) is 7.15. The van der Waals surface area contributed by atoms with Gasteiger partial charge in [0, 0.05) is 18.4 Å². The molecule has 1 unspecified atom stereocenters. The molecule has 0 amide bonds. The van der Waals surface area contributed by atoms with Gasteiger partial charge in [-0.2, -0.15) is 0 Å². The van der Waals surface area contributed by atoms with Gasteiger partial charge in [-0.3, -0.25) is 4.79 Å². The lowest BCUT2D eigenvalue weighted by molar-refractivity contribution is -0.299. The van der Waals surface area contributed by atoms with Gasteiger partial charge in [0.15, 0.2) is 23.6 Å². The zero-order valence-electron chi connectivity index (χ0n) is 22.3. The minimum absolute atomic E-state index is 0.120. The van der Waals surface area contributed by atoms with E-state index >= 15 is 0 Å². The number of phenols is 1. The molecule has 3 rings (SSSR count). The van der Waals surface area contributed by atoms with Crippen LogP contribution < -0.4 is 9.47 Å². The second kappa shape index (κ2) is 12.9. The predicted molar refractivity (Wildman–Crippen MR) is 136 cm³/mol. The topological polar surface area (TPSA) is 181 Å². The van der Waals surface area contributed by atoms with Crippen molar-refractivity contribution < 1.29 is 58.8 Å². The van der Waals surface area contributed by atoms with Crippen LogP contribution in [0.3, 0.4) is 0 Å². The van der Waals surface area contributed by atoms with Gasteiger partial charge in [-0.25, -0.2) is 4.79 Å². The molecule has 1 heterocycles. The zero-order chi connectivity index (χ0) is 28.9. The van der Waals surface area contributed by atoms with E-state index in [-0.39, 0.29) is 48.6 Å². The number of hydrogen-bond acceptors (Lipinski definition) is 12. The highest BCUT2D eigenvalue weighted by molar-refractivity contribution is 5.92. The summed E-state index contributed by atoms with van der Waals surface area (Å²) in [5.74, 6) is -1.19. The third-order valence-electron chi connectivity index (χ3n) is 6.94. The molecule has 6 atom stereocenters. The minimum Gasteiger partial charge on any atom is -0.502 e. The van der Waals surface area contributed by atoms with E-state index in [2.05, 4.69) is 0 Å². The Kier molecular flexibility index (Phi) is 10.1. The van der Waals surface area contributed by atoms with E-state index in [4.69, 9.17) is 23.7 Å². The quantitative estimate of drug-likeness (QED) is 0.198. The van der Waals surface area contributed by atoms with Crippen molar-refractivity contribution in [3.05, 3.63) is 35.4 Å². The maximum Gasteiger partial charge on any atom is 0.330 e. The number of phenolic OH excluding ortho intramolecular Hbond substituents is 1. The molecular formula is C27H36O12. The number of aromatic hydroxyl groups is 1. The molecule has 1 saturated heterocycles. The molecule has 0 radical (unpaired) electrons. The van der Waals surface area contributed by atoms with Crippen LogP contribution in [-0.4, -0.2) is 102 Å². The van der Waals surface area contributed by atoms with E-state index < -0.39 is 48.7 Å². The number of allylic oxidation sites excluding steroid dienone is 1. The molecule has 1 aromatic carbocycles. The number of hydrogen-bond donors (Lipinski definition) is 5. The van der Waals surface area contributed by atoms with Gasteiger partial charge in [-0.15, -0.1) is 0 Å². The summed E-state index contributed by atoms with van der Waals surface area (Å²) >= 11 is 0. The number of ketones is 1. The third-order valence-corrected chi connectivity index (χ3v) is 6.94. The van der Waals surface area contributed by atoms with Gasteiger partial charge in [-0.1, -0.05) is 13.8 Å². The Bertz CT molecular complexity index is 1070. The van der Waals surface area contributed by atoms with Crippen molar-refractivity contribution in [1.82, 2.24) is 0 Å². The van der Waals surface area contributed by atoms with Crippen LogP contribution in [0.5, 0.6) is 17.2 Å². The lowest BCUT2D eigenvalue weighted by Crippen LogP contribution is -2.59. The molecule has 0 aromatic heterocycles. The van der Waals surface area contributed by atoms with E-state index in [1.54, 1.807) is 0 Å². The molecule has 1 aliphatic heterocycles. The summed E-state index contributed by atoms with van der Waals surface area (Å²) in [4.78, 5) is 24.4. The van der Waals surface area contributed by atoms with E-state index in [1.165, 1.54) is 38.5 Å². The average Bonchev–Trinajstić information content (AvgIpc) is 2.89. The SMILES string of the molecule is COc1cc(/C=C/C(=O)OC[C@H]2O[C@@H](OCC3=CC(=O)CC(C)(C)C3CO)[C@H](O)[C@@H](O)[C@@H]2O)cc(OC)c1O. The number of esters is 1. The fourth-order valence-corrected chi connectivity index (χ4v) is 4.70. The smallest absolute Gasteiger partial charge is 0.330 e. The number of methoxy groups -OCH3 is 2. The van der Waals surface area contributed by atoms with Crippen LogP contribution in [0.15, 0.2) is 29.9 Å². The average molecular weight is 553 g/mol. The van der Waals surface area contributed by atoms with Gasteiger partial charge in [0.2, 0.25) is 5.75 Å². The number of benzene rings is 1. The number of carbonyl (C=O) groups excluding carboxylic acids is 2. The van der Waals surface area contributed by atoms with Gasteiger partial charge in [0.25, 0.3) is 0 Å². The van der Waals surface area contributed by atoms with Gasteiger partial charge in [0.1, 0.15) is 31.0 Å². The Morgan fingerprint density at radius 2 is 1.74 bits per heavy atom. The minimum atomic E-state index is -1.66. The fourth-order valence-electron chi connectivity index (χ4n) is 4.70. The normalized spacial score (nSPS) is 28.7. The van der Waals surface area contributed by atoms with Crippen LogP contribution in [-0.2, 0) is 23.8 Å². The molecule has 0 bridgehead atoms. The number of aliphatic hydroxyl groups is 4. The second-order valence-electron chi connectivity index (χ2n) is 10.1. The first-order chi connectivity index (χ1) is 18.4. The summed E-state index contributed by atoms with van der Waals surface area (Å²) in [6.07, 6.45) is -3.33. The highest BCUT2D eigenvalue weighted by Crippen LogP contribution is 2.40. The molecule has 12 heteroatoms. The summed E-state index contributed by atoms with van der Waals surface area (Å²) in [7, 11) is 2.73. The van der Waals surface area contributed by atoms with Crippen molar-refractivity contribution in [2.75, 3.05) is 34.0 Å². The molecule has 1 aromatic rings. The van der Waals surface area contributed by atoms with E-state index in [9.17, 15) is 35.1 Å². The molecule has 5 N–H and O–H groups in total. The zero-order valence-corrected chi connectivity index (χ0v) is 22.3. The van der Waals surface area contributed by atoms with E-state index in [1.807, 2.05) is 13.8 Å². The van der Waals surface area contributed by atoms with Crippen LogP contribution in [0.4, 0.5) is 0 Å². The maximum absolute atomic E-state index is 12.3. The summed E-state index contributed by atoms with van der Waals surface area (Å²) in [5, 5.41) is 50.9. The molecule has 0 spiro atoms. The monoisotopic (exact) mass is 552 g/mol. The highest BCUT2D eigenvalue weighted by Gasteiger charge is 2.45. The van der Waals surface area contributed by atoms with Crippen molar-refractivity contribution in [3.8, 4) is 17.2 Å². The predicted octanol–water partition coefficient (Wildman–Crippen LogP) is 0.324. The Hall–Kier alpha value is -3.00. The Balaban J connectivity index is 1.62. The number of aliphatic hydroxyl groups excluding tert-OH is 4. The van der Waals surface area contributed by atoms with Crippen LogP contribution >= 0.6 is 0 Å². The summed E-state index contributed by atoms with van der Waals surface area (Å²) in [6, 6.07) is 2.96. The standard InChI is InChI=1S/C27H36O12/c1-27(2)10-16(29)9-15(17(27)11-28)12-38-26-25(34)24(33)23(32)20(39-26)13-37-21(30)6-5-14-7-18(35-3)22(31)19(8-14)36-4/h5-9,17,20,23-26,28,31-34H,10-13H2,1-4H3/b6-5+/t17?,20-,23-,24+,25-,26-/m1/s1. The molecule has 1 aliphatic carbocycles. The maximum atomic E-state index is 12.3. The van der Waals surface area contributed by atoms with Gasteiger partial charge < -0.3 is 49.2 Å². The van der Waals surface area contributed by atoms with Gasteiger partial charge >= 0.3 is 5.97 Å². The summed E-state index contributed by atoms with van der Waals surface area (Å²) in [6.45, 7) is 2.88. The number of rotatable bonds is 10. The number of carbonyl (C=O) groups is 2. The van der Waals surface area contributed by atoms with Gasteiger partial charge in [-0.05, 0) is 40.8 Å². The molecule has 12 nitrogen and oxygen atoms in total. The van der Waals surface area contributed by atoms with Crippen molar-refractivity contribution in [1.29, 1.82) is 0 Å². The van der Waals surface area contributed by atoms with Crippen molar-refractivity contribution in [2.45, 2.75) is 51.0 Å². The molecule has 216 valence electrons. The largest absolute Gasteiger partial charge is 0.502 e. The van der Waals surface area contributed by atoms with Crippen LogP contribution in [0.2, 0.25) is 0 Å². The van der Waals surface area contributed by atoms with Crippen LogP contribution in [0.25, 0.3) is 6.08 Å². The first-order valence-corrected chi connectivity index (χ1v) is 12.4. The highest BCUT2D eigenvalue weighted by atomic mass is 16.7. The summed E-state index contributed by atoms with van der Waals surface area (Å²) in [5.41, 5.74) is 0.492. The second-order valence-corrected chi connectivity index (χ2v) is 10.1. The first kappa shape index (κ1) is 30.5. The molecular weight excluding hydrogens is 516 g/mol. The van der Waals surface area contributed by atoms with E-state index in [0.29, 0.717) is 11.1 Å². The molecule has 39 heavy (non-hydrogen) atoms. The number of ether oxygens (including phenoxy) is 5. The van der Waals surface area contributed by atoms with Gasteiger partial charge in [0.05, 0.1) is 27.4 Å². The Morgan fingerprint density at radius 1 is 1.10 bits per heavy atom. The fraction of sp³-hybridized carbons (Fsp3) is 0.556. The lowest BCUT2D eigenvalue weighted by Gasteiger charge is -2.41. The Morgan fingerprint density at radius 3 is 2.33 bits per heavy atom.